The highest BCUT2D eigenvalue weighted by Gasteiger charge is 2.11. The Bertz CT molecular complexity index is 1460. The molecule has 0 aliphatic heterocycles. The van der Waals surface area contributed by atoms with Gasteiger partial charge in [0.05, 0.1) is 34.0 Å². The molecule has 0 saturated carbocycles. The Labute approximate surface area is 248 Å². The highest BCUT2D eigenvalue weighted by atomic mass is 32.2. The summed E-state index contributed by atoms with van der Waals surface area (Å²) in [6.07, 6.45) is 0.492. The van der Waals surface area contributed by atoms with E-state index in [1.165, 1.54) is 23.5 Å². The summed E-state index contributed by atoms with van der Waals surface area (Å²) in [5, 5.41) is 25.0. The molecule has 0 aliphatic rings. The normalized spacial score (nSPS) is 10.3. The number of benzene rings is 4. The predicted octanol–water partition coefficient (Wildman–Crippen LogP) is 6.76. The van der Waals surface area contributed by atoms with Crippen LogP contribution in [0.25, 0.3) is 0 Å². The second kappa shape index (κ2) is 15.3. The third kappa shape index (κ3) is 9.29. The lowest BCUT2D eigenvalue weighted by Crippen LogP contribution is -2.15. The lowest BCUT2D eigenvalue weighted by Gasteiger charge is -2.11. The average Bonchev–Trinajstić information content (AvgIpc) is 2.99. The van der Waals surface area contributed by atoms with Crippen molar-refractivity contribution in [1.29, 1.82) is 10.5 Å². The number of nitrogens with one attached hydrogen (secondary N) is 2. The van der Waals surface area contributed by atoms with Crippen LogP contribution in [-0.2, 0) is 27.5 Å². The Morgan fingerprint density at radius 3 is 1.39 bits per heavy atom. The Balaban J connectivity index is 1.31. The van der Waals surface area contributed by atoms with Crippen LogP contribution in [0.3, 0.4) is 0 Å². The molecular formula is C33H28N4O2S2. The third-order valence-electron chi connectivity index (χ3n) is 6.05. The minimum absolute atomic E-state index is 0.162. The first-order valence-corrected chi connectivity index (χ1v) is 15.2. The van der Waals surface area contributed by atoms with Crippen molar-refractivity contribution < 1.29 is 9.59 Å². The van der Waals surface area contributed by atoms with Gasteiger partial charge in [-0.25, -0.2) is 0 Å². The molecule has 4 aromatic rings. The van der Waals surface area contributed by atoms with Gasteiger partial charge < -0.3 is 10.6 Å². The van der Waals surface area contributed by atoms with Crippen molar-refractivity contribution in [3.63, 3.8) is 0 Å². The number of nitriles is 2. The number of hydrogen-bond donors (Lipinski definition) is 2. The molecule has 0 heterocycles. The molecule has 0 atom stereocenters. The molecule has 0 fully saturated rings. The van der Waals surface area contributed by atoms with E-state index < -0.39 is 0 Å². The zero-order valence-electron chi connectivity index (χ0n) is 22.3. The predicted molar refractivity (Wildman–Crippen MR) is 168 cm³/mol. The van der Waals surface area contributed by atoms with Crippen molar-refractivity contribution in [3.05, 3.63) is 130 Å². The molecule has 6 nitrogen and oxygen atoms in total. The smallest absolute Gasteiger partial charge is 0.234 e. The minimum Gasteiger partial charge on any atom is -0.324 e. The largest absolute Gasteiger partial charge is 0.324 e. The maximum Gasteiger partial charge on any atom is 0.234 e. The summed E-state index contributed by atoms with van der Waals surface area (Å²) in [7, 11) is 0. The second-order valence-corrected chi connectivity index (χ2v) is 11.2. The van der Waals surface area contributed by atoms with Crippen LogP contribution in [0.2, 0.25) is 0 Å². The monoisotopic (exact) mass is 576 g/mol. The van der Waals surface area contributed by atoms with E-state index in [2.05, 4.69) is 22.8 Å². The van der Waals surface area contributed by atoms with E-state index in [1.54, 1.807) is 24.3 Å². The van der Waals surface area contributed by atoms with Crippen molar-refractivity contribution in [3.8, 4) is 12.1 Å². The lowest BCUT2D eigenvalue weighted by molar-refractivity contribution is -0.114. The van der Waals surface area contributed by atoms with Crippen molar-refractivity contribution in [2.24, 2.45) is 0 Å². The lowest BCUT2D eigenvalue weighted by atomic mass is 10.00. The van der Waals surface area contributed by atoms with Crippen LogP contribution < -0.4 is 10.6 Å². The maximum atomic E-state index is 12.4. The average molecular weight is 577 g/mol. The van der Waals surface area contributed by atoms with Crippen LogP contribution in [0, 0.1) is 22.7 Å². The molecule has 0 saturated heterocycles. The standard InChI is InChI=1S/C33H28N4O2S2/c34-18-28-16-26(11-13-30(28)36-32(38)22-40-20-24-7-3-1-4-8-24)15-27-12-14-31(29(17-27)19-35)37-33(39)23-41-21-25-9-5-2-6-10-25/h1-14,16-17H,15,20-23H2,(H,36,38)(H,37,39). The van der Waals surface area contributed by atoms with Gasteiger partial charge in [0.15, 0.2) is 0 Å². The fourth-order valence-electron chi connectivity index (χ4n) is 4.09. The molecule has 4 aromatic carbocycles. The van der Waals surface area contributed by atoms with Crippen molar-refractivity contribution in [1.82, 2.24) is 0 Å². The summed E-state index contributed by atoms with van der Waals surface area (Å²) in [6.45, 7) is 0. The molecule has 41 heavy (non-hydrogen) atoms. The van der Waals surface area contributed by atoms with Gasteiger partial charge >= 0.3 is 0 Å². The summed E-state index contributed by atoms with van der Waals surface area (Å²) in [5.41, 5.74) is 5.75. The molecule has 2 amide bonds. The van der Waals surface area contributed by atoms with E-state index in [-0.39, 0.29) is 23.3 Å². The van der Waals surface area contributed by atoms with Gasteiger partial charge in [-0.05, 0) is 52.9 Å². The molecule has 8 heteroatoms. The Hall–Kier alpha value is -4.50. The van der Waals surface area contributed by atoms with Crippen LogP contribution >= 0.6 is 23.5 Å². The van der Waals surface area contributed by atoms with E-state index in [0.717, 1.165) is 33.8 Å². The van der Waals surface area contributed by atoms with Gasteiger partial charge in [0, 0.05) is 11.5 Å². The zero-order valence-corrected chi connectivity index (χ0v) is 23.9. The SMILES string of the molecule is N#Cc1cc(Cc2ccc(NC(=O)CSCc3ccccc3)c(C#N)c2)ccc1NC(=O)CSCc1ccccc1. The first-order chi connectivity index (χ1) is 20.0. The number of hydrogen-bond acceptors (Lipinski definition) is 6. The fraction of sp³-hybridized carbons (Fsp3) is 0.152. The first kappa shape index (κ1) is 29.5. The number of thioether (sulfide) groups is 2. The number of nitrogens with zero attached hydrogens (tertiary/aromatic N) is 2. The van der Waals surface area contributed by atoms with Gasteiger partial charge in [-0.3, -0.25) is 9.59 Å². The molecular weight excluding hydrogens is 549 g/mol. The summed E-state index contributed by atoms with van der Waals surface area (Å²) in [4.78, 5) is 24.9. The van der Waals surface area contributed by atoms with E-state index in [4.69, 9.17) is 0 Å². The fourth-order valence-corrected chi connectivity index (χ4v) is 5.66. The summed E-state index contributed by atoms with van der Waals surface area (Å²) < 4.78 is 0. The molecule has 0 radical (unpaired) electrons. The molecule has 0 bridgehead atoms. The van der Waals surface area contributed by atoms with E-state index in [1.807, 2.05) is 72.8 Å². The molecule has 0 aliphatic carbocycles. The number of amides is 2. The van der Waals surface area contributed by atoms with E-state index in [9.17, 15) is 20.1 Å². The van der Waals surface area contributed by atoms with Crippen LogP contribution in [0.5, 0.6) is 0 Å². The highest BCUT2D eigenvalue weighted by Crippen LogP contribution is 2.23. The first-order valence-electron chi connectivity index (χ1n) is 12.9. The van der Waals surface area contributed by atoms with E-state index in [0.29, 0.717) is 28.9 Å². The minimum atomic E-state index is -0.162. The van der Waals surface area contributed by atoms with Gasteiger partial charge in [-0.15, -0.1) is 23.5 Å². The quantitative estimate of drug-likeness (QED) is 0.193. The summed E-state index contributed by atoms with van der Waals surface area (Å²) >= 11 is 3.03. The van der Waals surface area contributed by atoms with Gasteiger partial charge in [-0.2, -0.15) is 10.5 Å². The number of anilines is 2. The zero-order chi connectivity index (χ0) is 28.9. The topological polar surface area (TPSA) is 106 Å². The van der Waals surface area contributed by atoms with Crippen LogP contribution in [0.15, 0.2) is 97.1 Å². The second-order valence-electron chi connectivity index (χ2n) is 9.21. The molecule has 0 spiro atoms. The summed E-state index contributed by atoms with van der Waals surface area (Å²) in [6, 6.07) is 34.9. The maximum absolute atomic E-state index is 12.4. The van der Waals surface area contributed by atoms with Gasteiger partial charge in [0.2, 0.25) is 11.8 Å². The van der Waals surface area contributed by atoms with Crippen molar-refractivity contribution >= 4 is 46.7 Å². The highest BCUT2D eigenvalue weighted by molar-refractivity contribution is 7.99. The molecule has 0 unspecified atom stereocenters. The Morgan fingerprint density at radius 2 is 1.00 bits per heavy atom. The van der Waals surface area contributed by atoms with Crippen LogP contribution in [0.1, 0.15) is 33.4 Å². The Morgan fingerprint density at radius 1 is 0.585 bits per heavy atom. The number of carbonyl (C=O) groups excluding carboxylic acids is 2. The van der Waals surface area contributed by atoms with Crippen molar-refractivity contribution in [2.45, 2.75) is 17.9 Å². The number of rotatable bonds is 12. The van der Waals surface area contributed by atoms with Gasteiger partial charge in [-0.1, -0.05) is 72.8 Å². The molecule has 2 N–H and O–H groups in total. The third-order valence-corrected chi connectivity index (χ3v) is 8.06. The molecule has 0 aromatic heterocycles. The van der Waals surface area contributed by atoms with E-state index >= 15 is 0 Å². The van der Waals surface area contributed by atoms with Gasteiger partial charge in [0.1, 0.15) is 12.1 Å². The number of carbonyl (C=O) groups is 2. The van der Waals surface area contributed by atoms with Crippen molar-refractivity contribution in [2.75, 3.05) is 22.1 Å². The Kier molecular flexibility index (Phi) is 11.0. The molecule has 204 valence electrons. The molecule has 4 rings (SSSR count). The van der Waals surface area contributed by atoms with Crippen LogP contribution in [0.4, 0.5) is 11.4 Å². The van der Waals surface area contributed by atoms with Crippen LogP contribution in [-0.4, -0.2) is 23.3 Å². The summed E-state index contributed by atoms with van der Waals surface area (Å²) in [5.74, 6) is 1.71. The van der Waals surface area contributed by atoms with Gasteiger partial charge in [0.25, 0.3) is 0 Å².